The molecule has 0 atom stereocenters. The molecule has 2 aromatic carbocycles. The number of carbonyl (C=O) groups is 1. The van der Waals surface area contributed by atoms with Crippen LogP contribution < -0.4 is 9.80 Å². The summed E-state index contributed by atoms with van der Waals surface area (Å²) in [5.41, 5.74) is 3.88. The second-order valence-electron chi connectivity index (χ2n) is 7.47. The predicted molar refractivity (Wildman–Crippen MR) is 120 cm³/mol. The smallest absolute Gasteiger partial charge is 0.260 e. The molecule has 0 saturated carbocycles. The molecular formula is C22H28N4OS. The van der Waals surface area contributed by atoms with E-state index in [4.69, 9.17) is 4.98 Å². The van der Waals surface area contributed by atoms with Crippen LogP contribution in [0.5, 0.6) is 0 Å². The fraction of sp³-hybridized carbons (Fsp3) is 0.364. The van der Waals surface area contributed by atoms with Crippen LogP contribution in [-0.2, 0) is 0 Å². The minimum absolute atomic E-state index is 0.000714. The molecule has 5 nitrogen and oxygen atoms in total. The summed E-state index contributed by atoms with van der Waals surface area (Å²) in [6, 6.07) is 13.9. The SMILES string of the molecule is Cc1cccc2sc(N(CCCN(C)C)C(=O)c3ccc(N(C)C)cc3)nc12. The van der Waals surface area contributed by atoms with Crippen molar-refractivity contribution in [2.75, 3.05) is 51.1 Å². The molecule has 6 heteroatoms. The number of aryl methyl sites for hydroxylation is 1. The number of carbonyl (C=O) groups excluding carboxylic acids is 1. The molecule has 0 radical (unpaired) electrons. The summed E-state index contributed by atoms with van der Waals surface area (Å²) in [6.07, 6.45) is 0.892. The van der Waals surface area contributed by atoms with Crippen molar-refractivity contribution in [1.82, 2.24) is 9.88 Å². The Morgan fingerprint density at radius 1 is 1.00 bits per heavy atom. The van der Waals surface area contributed by atoms with Gasteiger partial charge in [-0.05, 0) is 69.9 Å². The molecule has 0 aliphatic carbocycles. The highest BCUT2D eigenvalue weighted by Gasteiger charge is 2.21. The van der Waals surface area contributed by atoms with Gasteiger partial charge in [0.05, 0.1) is 10.2 Å². The van der Waals surface area contributed by atoms with Gasteiger partial charge in [-0.1, -0.05) is 23.5 Å². The molecule has 0 aliphatic rings. The van der Waals surface area contributed by atoms with E-state index in [1.54, 1.807) is 11.3 Å². The number of hydrogen-bond acceptors (Lipinski definition) is 5. The lowest BCUT2D eigenvalue weighted by Crippen LogP contribution is -2.33. The maximum atomic E-state index is 13.3. The first-order valence-corrected chi connectivity index (χ1v) is 10.3. The van der Waals surface area contributed by atoms with E-state index in [0.29, 0.717) is 12.1 Å². The normalized spacial score (nSPS) is 11.2. The van der Waals surface area contributed by atoms with E-state index in [0.717, 1.165) is 39.6 Å². The van der Waals surface area contributed by atoms with Crippen LogP contribution in [0, 0.1) is 6.92 Å². The average molecular weight is 397 g/mol. The summed E-state index contributed by atoms with van der Waals surface area (Å²) in [4.78, 5) is 24.1. The van der Waals surface area contributed by atoms with Crippen molar-refractivity contribution >= 4 is 38.3 Å². The molecule has 0 saturated heterocycles. The molecule has 0 aliphatic heterocycles. The van der Waals surface area contributed by atoms with Gasteiger partial charge in [-0.3, -0.25) is 9.69 Å². The van der Waals surface area contributed by atoms with Crippen molar-refractivity contribution in [1.29, 1.82) is 0 Å². The van der Waals surface area contributed by atoms with Crippen molar-refractivity contribution in [3.05, 3.63) is 53.6 Å². The minimum Gasteiger partial charge on any atom is -0.378 e. The molecule has 148 valence electrons. The van der Waals surface area contributed by atoms with Crippen LogP contribution in [0.1, 0.15) is 22.3 Å². The predicted octanol–water partition coefficient (Wildman–Crippen LogP) is 4.27. The van der Waals surface area contributed by atoms with Gasteiger partial charge in [0.15, 0.2) is 5.13 Å². The van der Waals surface area contributed by atoms with Gasteiger partial charge in [0, 0.05) is 31.9 Å². The first kappa shape index (κ1) is 20.3. The summed E-state index contributed by atoms with van der Waals surface area (Å²) >= 11 is 1.58. The van der Waals surface area contributed by atoms with Crippen LogP contribution in [0.4, 0.5) is 10.8 Å². The first-order valence-electron chi connectivity index (χ1n) is 9.47. The van der Waals surface area contributed by atoms with E-state index in [1.807, 2.05) is 68.3 Å². The lowest BCUT2D eigenvalue weighted by molar-refractivity contribution is 0.0986. The van der Waals surface area contributed by atoms with Crippen molar-refractivity contribution in [2.24, 2.45) is 0 Å². The number of anilines is 2. The van der Waals surface area contributed by atoms with Gasteiger partial charge in [0.25, 0.3) is 5.91 Å². The topological polar surface area (TPSA) is 39.7 Å². The van der Waals surface area contributed by atoms with Crippen LogP contribution in [-0.4, -0.2) is 57.1 Å². The molecular weight excluding hydrogens is 368 g/mol. The minimum atomic E-state index is 0.000714. The number of para-hydroxylation sites is 1. The zero-order valence-corrected chi connectivity index (χ0v) is 18.1. The van der Waals surface area contributed by atoms with E-state index in [-0.39, 0.29) is 5.91 Å². The molecule has 0 fully saturated rings. The number of nitrogens with zero attached hydrogens (tertiary/aromatic N) is 4. The molecule has 0 unspecified atom stereocenters. The summed E-state index contributed by atoms with van der Waals surface area (Å²) in [5, 5.41) is 0.768. The molecule has 3 rings (SSSR count). The van der Waals surface area contributed by atoms with Crippen LogP contribution >= 0.6 is 11.3 Å². The Balaban J connectivity index is 1.92. The van der Waals surface area contributed by atoms with E-state index in [1.165, 1.54) is 0 Å². The largest absolute Gasteiger partial charge is 0.378 e. The summed E-state index contributed by atoms with van der Waals surface area (Å²) in [5.74, 6) is 0.000714. The summed E-state index contributed by atoms with van der Waals surface area (Å²) < 4.78 is 1.11. The number of hydrogen-bond donors (Lipinski definition) is 0. The molecule has 0 bridgehead atoms. The number of aromatic nitrogens is 1. The monoisotopic (exact) mass is 396 g/mol. The average Bonchev–Trinajstić information content (AvgIpc) is 3.10. The summed E-state index contributed by atoms with van der Waals surface area (Å²) in [7, 11) is 8.09. The van der Waals surface area contributed by atoms with E-state index in [9.17, 15) is 4.79 Å². The Kier molecular flexibility index (Phi) is 6.31. The van der Waals surface area contributed by atoms with Crippen molar-refractivity contribution < 1.29 is 4.79 Å². The highest BCUT2D eigenvalue weighted by Crippen LogP contribution is 2.31. The zero-order chi connectivity index (χ0) is 20.3. The van der Waals surface area contributed by atoms with Crippen LogP contribution in [0.15, 0.2) is 42.5 Å². The van der Waals surface area contributed by atoms with Gasteiger partial charge in [-0.2, -0.15) is 0 Å². The molecule has 1 aromatic heterocycles. The van der Waals surface area contributed by atoms with Gasteiger partial charge < -0.3 is 9.80 Å². The van der Waals surface area contributed by atoms with Gasteiger partial charge >= 0.3 is 0 Å². The standard InChI is InChI=1S/C22H28N4OS/c1-16-8-6-9-19-20(16)23-22(28-19)26(15-7-14-24(2)3)21(27)17-10-12-18(13-11-17)25(4)5/h6,8-13H,7,14-15H2,1-5H3. The van der Waals surface area contributed by atoms with Crippen LogP contribution in [0.3, 0.4) is 0 Å². The fourth-order valence-electron chi connectivity index (χ4n) is 3.08. The fourth-order valence-corrected chi connectivity index (χ4v) is 4.14. The van der Waals surface area contributed by atoms with Crippen molar-refractivity contribution in [3.8, 4) is 0 Å². The van der Waals surface area contributed by atoms with E-state index in [2.05, 4.69) is 24.0 Å². The second-order valence-corrected chi connectivity index (χ2v) is 8.48. The Morgan fingerprint density at radius 2 is 1.71 bits per heavy atom. The maximum Gasteiger partial charge on any atom is 0.260 e. The maximum absolute atomic E-state index is 13.3. The van der Waals surface area contributed by atoms with Gasteiger partial charge in [-0.15, -0.1) is 0 Å². The second kappa shape index (κ2) is 8.71. The Bertz CT molecular complexity index is 947. The highest BCUT2D eigenvalue weighted by atomic mass is 32.1. The first-order chi connectivity index (χ1) is 13.4. The zero-order valence-electron chi connectivity index (χ0n) is 17.3. The Hall–Kier alpha value is -2.44. The number of fused-ring (bicyclic) bond motifs is 1. The molecule has 28 heavy (non-hydrogen) atoms. The van der Waals surface area contributed by atoms with E-state index >= 15 is 0 Å². The number of thiazole rings is 1. The highest BCUT2D eigenvalue weighted by molar-refractivity contribution is 7.22. The molecule has 0 N–H and O–H groups in total. The number of rotatable bonds is 7. The van der Waals surface area contributed by atoms with Gasteiger partial charge in [0.2, 0.25) is 0 Å². The number of benzene rings is 2. The lowest BCUT2D eigenvalue weighted by Gasteiger charge is -2.21. The van der Waals surface area contributed by atoms with E-state index < -0.39 is 0 Å². The Morgan fingerprint density at radius 3 is 2.32 bits per heavy atom. The third-order valence-corrected chi connectivity index (χ3v) is 5.75. The lowest BCUT2D eigenvalue weighted by atomic mass is 10.1. The van der Waals surface area contributed by atoms with Crippen molar-refractivity contribution in [3.63, 3.8) is 0 Å². The molecule has 1 heterocycles. The van der Waals surface area contributed by atoms with Crippen LogP contribution in [0.25, 0.3) is 10.2 Å². The molecule has 1 amide bonds. The Labute approximate surface area is 171 Å². The quantitative estimate of drug-likeness (QED) is 0.598. The third kappa shape index (κ3) is 4.51. The van der Waals surface area contributed by atoms with Crippen molar-refractivity contribution in [2.45, 2.75) is 13.3 Å². The van der Waals surface area contributed by atoms with Crippen LogP contribution in [0.2, 0.25) is 0 Å². The molecule has 3 aromatic rings. The molecule has 0 spiro atoms. The summed E-state index contributed by atoms with van der Waals surface area (Å²) in [6.45, 7) is 3.63. The van der Waals surface area contributed by atoms with Gasteiger partial charge in [0.1, 0.15) is 0 Å². The number of amides is 1. The van der Waals surface area contributed by atoms with Gasteiger partial charge in [-0.25, -0.2) is 4.98 Å². The third-order valence-electron chi connectivity index (χ3n) is 4.70.